The zero-order valence-electron chi connectivity index (χ0n) is 15.5. The largest absolute Gasteiger partial charge is 0.493 e. The van der Waals surface area contributed by atoms with Gasteiger partial charge in [0, 0.05) is 12.3 Å². The van der Waals surface area contributed by atoms with Crippen LogP contribution in [0.3, 0.4) is 0 Å². The smallest absolute Gasteiger partial charge is 0.226 e. The van der Waals surface area contributed by atoms with Crippen molar-refractivity contribution in [3.63, 3.8) is 0 Å². The van der Waals surface area contributed by atoms with Crippen molar-refractivity contribution in [2.24, 2.45) is 0 Å². The van der Waals surface area contributed by atoms with Crippen molar-refractivity contribution in [3.05, 3.63) is 34.3 Å². The van der Waals surface area contributed by atoms with Crippen LogP contribution in [0.25, 0.3) is 0 Å². The number of rotatable bonds is 9. The van der Waals surface area contributed by atoms with Crippen molar-refractivity contribution in [2.45, 2.75) is 59.3 Å². The average molecular weight is 362 g/mol. The summed E-state index contributed by atoms with van der Waals surface area (Å²) in [5.41, 5.74) is 2.33. The monoisotopic (exact) mass is 361 g/mol. The van der Waals surface area contributed by atoms with Crippen LogP contribution in [0.5, 0.6) is 5.75 Å². The van der Waals surface area contributed by atoms with Crippen LogP contribution in [0.4, 0.5) is 5.13 Å². The Morgan fingerprint density at radius 2 is 2.00 bits per heavy atom. The summed E-state index contributed by atoms with van der Waals surface area (Å²) in [5.74, 6) is 1.26. The number of amides is 1. The standard InChI is InChI=1S/C19H27N3O2S/c1-5-15(6-2)18-21-22-19(25-18)20-17(23)8-7-11-24-16-10-9-13(3)12-14(16)4/h9-10,12,15H,5-8,11H2,1-4H3,(H,20,22,23). The third kappa shape index (κ3) is 5.81. The third-order valence-electron chi connectivity index (χ3n) is 4.16. The molecule has 0 saturated carbocycles. The number of aryl methyl sites for hydroxylation is 2. The zero-order chi connectivity index (χ0) is 18.2. The molecule has 0 atom stereocenters. The minimum Gasteiger partial charge on any atom is -0.493 e. The van der Waals surface area contributed by atoms with E-state index < -0.39 is 0 Å². The Balaban J connectivity index is 1.74. The molecule has 0 unspecified atom stereocenters. The molecule has 136 valence electrons. The van der Waals surface area contributed by atoms with Crippen LogP contribution in [0, 0.1) is 13.8 Å². The van der Waals surface area contributed by atoms with E-state index in [2.05, 4.69) is 42.4 Å². The topological polar surface area (TPSA) is 64.1 Å². The number of benzene rings is 1. The Hall–Kier alpha value is -1.95. The number of hydrogen-bond acceptors (Lipinski definition) is 5. The second-order valence-corrected chi connectivity index (χ2v) is 7.24. The van der Waals surface area contributed by atoms with Gasteiger partial charge < -0.3 is 10.1 Å². The van der Waals surface area contributed by atoms with Crippen LogP contribution in [0.15, 0.2) is 18.2 Å². The Morgan fingerprint density at radius 3 is 2.68 bits per heavy atom. The molecule has 0 fully saturated rings. The molecular formula is C19H27N3O2S. The summed E-state index contributed by atoms with van der Waals surface area (Å²) in [7, 11) is 0. The molecule has 1 heterocycles. The molecule has 0 saturated heterocycles. The van der Waals surface area contributed by atoms with E-state index in [1.54, 1.807) is 0 Å². The molecule has 25 heavy (non-hydrogen) atoms. The summed E-state index contributed by atoms with van der Waals surface area (Å²) < 4.78 is 5.75. The first-order valence-corrected chi connectivity index (χ1v) is 9.68. The van der Waals surface area contributed by atoms with Gasteiger partial charge in [-0.25, -0.2) is 0 Å². The predicted molar refractivity (Wildman–Crippen MR) is 103 cm³/mol. The molecule has 1 aromatic heterocycles. The van der Waals surface area contributed by atoms with Crippen LogP contribution >= 0.6 is 11.3 Å². The van der Waals surface area contributed by atoms with Crippen LogP contribution in [0.1, 0.15) is 61.6 Å². The number of ether oxygens (including phenoxy) is 1. The van der Waals surface area contributed by atoms with E-state index in [1.807, 2.05) is 19.1 Å². The average Bonchev–Trinajstić information content (AvgIpc) is 3.02. The second-order valence-electron chi connectivity index (χ2n) is 6.23. The molecule has 0 aliphatic carbocycles. The first-order valence-electron chi connectivity index (χ1n) is 8.86. The van der Waals surface area contributed by atoms with Crippen molar-refractivity contribution in [3.8, 4) is 5.75 Å². The summed E-state index contributed by atoms with van der Waals surface area (Å²) >= 11 is 1.47. The number of nitrogens with zero attached hydrogens (tertiary/aromatic N) is 2. The molecule has 0 aliphatic heterocycles. The highest BCUT2D eigenvalue weighted by atomic mass is 32.1. The van der Waals surface area contributed by atoms with Gasteiger partial charge in [-0.05, 0) is 44.7 Å². The molecular weight excluding hydrogens is 334 g/mol. The van der Waals surface area contributed by atoms with Gasteiger partial charge in [0.2, 0.25) is 11.0 Å². The number of carbonyl (C=O) groups excluding carboxylic acids is 1. The summed E-state index contributed by atoms with van der Waals surface area (Å²) in [6, 6.07) is 6.10. The SMILES string of the molecule is CCC(CC)c1nnc(NC(=O)CCCOc2ccc(C)cc2C)s1. The molecule has 6 heteroatoms. The molecule has 0 bridgehead atoms. The van der Waals surface area contributed by atoms with Crippen LogP contribution in [-0.2, 0) is 4.79 Å². The summed E-state index contributed by atoms with van der Waals surface area (Å²) in [6.07, 6.45) is 3.14. The van der Waals surface area contributed by atoms with Gasteiger partial charge in [0.25, 0.3) is 0 Å². The summed E-state index contributed by atoms with van der Waals surface area (Å²) in [5, 5.41) is 12.7. The minimum absolute atomic E-state index is 0.0449. The zero-order valence-corrected chi connectivity index (χ0v) is 16.3. The first-order chi connectivity index (χ1) is 12.0. The van der Waals surface area contributed by atoms with Crippen molar-refractivity contribution in [1.29, 1.82) is 0 Å². The van der Waals surface area contributed by atoms with Gasteiger partial charge >= 0.3 is 0 Å². The Morgan fingerprint density at radius 1 is 1.24 bits per heavy atom. The summed E-state index contributed by atoms with van der Waals surface area (Å²) in [6.45, 7) is 8.89. The Labute approximate surface area is 153 Å². The minimum atomic E-state index is -0.0449. The Kier molecular flexibility index (Phi) is 7.37. The van der Waals surface area contributed by atoms with Gasteiger partial charge in [-0.15, -0.1) is 10.2 Å². The number of anilines is 1. The summed E-state index contributed by atoms with van der Waals surface area (Å²) in [4.78, 5) is 12.0. The lowest BCUT2D eigenvalue weighted by atomic mass is 10.1. The van der Waals surface area contributed by atoms with Gasteiger partial charge in [-0.2, -0.15) is 0 Å². The highest BCUT2D eigenvalue weighted by Gasteiger charge is 2.14. The first kappa shape index (κ1) is 19.4. The van der Waals surface area contributed by atoms with Crippen molar-refractivity contribution >= 4 is 22.4 Å². The van der Waals surface area contributed by atoms with E-state index in [9.17, 15) is 4.79 Å². The van der Waals surface area contributed by atoms with E-state index in [4.69, 9.17) is 4.74 Å². The molecule has 0 aliphatic rings. The molecule has 5 nitrogen and oxygen atoms in total. The lowest BCUT2D eigenvalue weighted by molar-refractivity contribution is -0.116. The van der Waals surface area contributed by atoms with Crippen molar-refractivity contribution in [2.75, 3.05) is 11.9 Å². The molecule has 1 aromatic carbocycles. The van der Waals surface area contributed by atoms with E-state index in [-0.39, 0.29) is 5.91 Å². The lowest BCUT2D eigenvalue weighted by Crippen LogP contribution is -2.12. The highest BCUT2D eigenvalue weighted by Crippen LogP contribution is 2.28. The third-order valence-corrected chi connectivity index (χ3v) is 5.16. The maximum absolute atomic E-state index is 12.0. The van der Waals surface area contributed by atoms with Gasteiger partial charge in [0.15, 0.2) is 0 Å². The van der Waals surface area contributed by atoms with Crippen molar-refractivity contribution in [1.82, 2.24) is 10.2 Å². The quantitative estimate of drug-likeness (QED) is 0.648. The molecule has 0 radical (unpaired) electrons. The second kappa shape index (κ2) is 9.51. The van der Waals surface area contributed by atoms with Crippen LogP contribution in [0.2, 0.25) is 0 Å². The van der Waals surface area contributed by atoms with E-state index in [1.165, 1.54) is 16.9 Å². The Bertz CT molecular complexity index is 696. The highest BCUT2D eigenvalue weighted by molar-refractivity contribution is 7.15. The fourth-order valence-corrected chi connectivity index (χ4v) is 3.67. The molecule has 0 spiro atoms. The van der Waals surface area contributed by atoms with Gasteiger partial charge in [0.05, 0.1) is 6.61 Å². The van der Waals surface area contributed by atoms with E-state index >= 15 is 0 Å². The van der Waals surface area contributed by atoms with Crippen molar-refractivity contribution < 1.29 is 9.53 Å². The number of carbonyl (C=O) groups is 1. The number of aromatic nitrogens is 2. The molecule has 1 amide bonds. The van der Waals surface area contributed by atoms with Gasteiger partial charge in [-0.1, -0.05) is 42.9 Å². The number of hydrogen-bond donors (Lipinski definition) is 1. The maximum Gasteiger partial charge on any atom is 0.226 e. The normalized spacial score (nSPS) is 10.9. The molecule has 2 rings (SSSR count). The van der Waals surface area contributed by atoms with Gasteiger partial charge in [-0.3, -0.25) is 4.79 Å². The van der Waals surface area contributed by atoms with Gasteiger partial charge in [0.1, 0.15) is 10.8 Å². The lowest BCUT2D eigenvalue weighted by Gasteiger charge is -2.09. The molecule has 2 aromatic rings. The number of nitrogens with one attached hydrogen (secondary N) is 1. The fraction of sp³-hybridized carbons (Fsp3) is 0.526. The van der Waals surface area contributed by atoms with E-state index in [0.717, 1.165) is 29.2 Å². The molecule has 1 N–H and O–H groups in total. The van der Waals surface area contributed by atoms with E-state index in [0.29, 0.717) is 30.5 Å². The van der Waals surface area contributed by atoms with Crippen LogP contribution < -0.4 is 10.1 Å². The van der Waals surface area contributed by atoms with Crippen LogP contribution in [-0.4, -0.2) is 22.7 Å². The predicted octanol–water partition coefficient (Wildman–Crippen LogP) is 4.86. The maximum atomic E-state index is 12.0. The fourth-order valence-electron chi connectivity index (χ4n) is 2.65.